The van der Waals surface area contributed by atoms with Gasteiger partial charge in [0.15, 0.2) is 0 Å². The topological polar surface area (TPSA) is 66.7 Å². The summed E-state index contributed by atoms with van der Waals surface area (Å²) in [5.41, 5.74) is 1.37. The number of hydrogen-bond acceptors (Lipinski definition) is 4. The number of nitrogens with zero attached hydrogens (tertiary/aromatic N) is 3. The van der Waals surface area contributed by atoms with Crippen molar-refractivity contribution in [2.75, 3.05) is 26.2 Å². The second kappa shape index (κ2) is 7.70. The summed E-state index contributed by atoms with van der Waals surface area (Å²) in [5.74, 6) is 0.119. The van der Waals surface area contributed by atoms with Gasteiger partial charge in [0.1, 0.15) is 5.69 Å². The smallest absolute Gasteiger partial charge is 0.292 e. The lowest BCUT2D eigenvalue weighted by molar-refractivity contribution is -0.130. The van der Waals surface area contributed by atoms with Crippen molar-refractivity contribution in [2.24, 2.45) is 0 Å². The van der Waals surface area contributed by atoms with E-state index in [4.69, 9.17) is 16.1 Å². The Hall–Kier alpha value is -2.34. The van der Waals surface area contributed by atoms with Gasteiger partial charge in [-0.3, -0.25) is 9.59 Å². The van der Waals surface area contributed by atoms with Gasteiger partial charge >= 0.3 is 0 Å². The molecule has 0 bridgehead atoms. The number of aromatic nitrogens is 1. The van der Waals surface area contributed by atoms with Gasteiger partial charge in [0.05, 0.1) is 0 Å². The Morgan fingerprint density at radius 3 is 2.68 bits per heavy atom. The van der Waals surface area contributed by atoms with Crippen LogP contribution in [-0.4, -0.2) is 52.9 Å². The SMILES string of the molecule is CCC(=O)N1CCCN(C(=O)c2cc(-c3cccc(Cl)c3)no2)CC1. The average molecular weight is 362 g/mol. The van der Waals surface area contributed by atoms with Crippen molar-refractivity contribution in [3.8, 4) is 11.3 Å². The molecule has 0 radical (unpaired) electrons. The van der Waals surface area contributed by atoms with Gasteiger partial charge in [-0.15, -0.1) is 0 Å². The molecule has 1 aromatic heterocycles. The van der Waals surface area contributed by atoms with E-state index in [-0.39, 0.29) is 17.6 Å². The molecule has 2 aromatic rings. The predicted octanol–water partition coefficient (Wildman–Crippen LogP) is 3.08. The van der Waals surface area contributed by atoms with Crippen LogP contribution in [0.25, 0.3) is 11.3 Å². The van der Waals surface area contributed by atoms with Crippen molar-refractivity contribution in [3.05, 3.63) is 41.1 Å². The molecular formula is C18H20ClN3O3. The fourth-order valence-corrected chi connectivity index (χ4v) is 3.10. The first kappa shape index (κ1) is 17.5. The minimum atomic E-state index is -0.202. The Kier molecular flexibility index (Phi) is 5.38. The number of benzene rings is 1. The molecule has 1 aromatic carbocycles. The molecule has 7 heteroatoms. The van der Waals surface area contributed by atoms with Crippen LogP contribution >= 0.6 is 11.6 Å². The van der Waals surface area contributed by atoms with Crippen molar-refractivity contribution < 1.29 is 14.1 Å². The standard InChI is InChI=1S/C18H20ClN3O3/c1-2-17(23)21-7-4-8-22(10-9-21)18(24)16-12-15(20-25-16)13-5-3-6-14(19)11-13/h3,5-6,11-12H,2,4,7-10H2,1H3. The summed E-state index contributed by atoms with van der Waals surface area (Å²) < 4.78 is 5.25. The van der Waals surface area contributed by atoms with E-state index in [0.717, 1.165) is 12.0 Å². The maximum Gasteiger partial charge on any atom is 0.292 e. The minimum Gasteiger partial charge on any atom is -0.350 e. The highest BCUT2D eigenvalue weighted by Crippen LogP contribution is 2.23. The number of carbonyl (C=O) groups is 2. The first-order valence-electron chi connectivity index (χ1n) is 8.38. The molecule has 0 N–H and O–H groups in total. The lowest BCUT2D eigenvalue weighted by Crippen LogP contribution is -2.37. The zero-order valence-corrected chi connectivity index (χ0v) is 14.8. The summed E-state index contributed by atoms with van der Waals surface area (Å²) in [7, 11) is 0. The summed E-state index contributed by atoms with van der Waals surface area (Å²) in [4.78, 5) is 28.0. The first-order valence-corrected chi connectivity index (χ1v) is 8.76. The first-order chi connectivity index (χ1) is 12.1. The summed E-state index contributed by atoms with van der Waals surface area (Å²) >= 11 is 5.99. The zero-order chi connectivity index (χ0) is 17.8. The predicted molar refractivity (Wildman–Crippen MR) is 94.3 cm³/mol. The van der Waals surface area contributed by atoms with E-state index >= 15 is 0 Å². The molecule has 1 aliphatic rings. The van der Waals surface area contributed by atoms with E-state index in [1.54, 1.807) is 23.1 Å². The molecule has 1 fully saturated rings. The van der Waals surface area contributed by atoms with Gasteiger partial charge in [-0.25, -0.2) is 0 Å². The van der Waals surface area contributed by atoms with Gasteiger partial charge in [-0.2, -0.15) is 0 Å². The van der Waals surface area contributed by atoms with Gasteiger partial charge in [-0.1, -0.05) is 35.8 Å². The van der Waals surface area contributed by atoms with Crippen molar-refractivity contribution >= 4 is 23.4 Å². The van der Waals surface area contributed by atoms with Crippen LogP contribution in [0.5, 0.6) is 0 Å². The van der Waals surface area contributed by atoms with E-state index in [1.165, 1.54) is 0 Å². The quantitative estimate of drug-likeness (QED) is 0.842. The number of halogens is 1. The molecule has 0 saturated carbocycles. The molecule has 2 heterocycles. The van der Waals surface area contributed by atoms with Gasteiger partial charge in [0.25, 0.3) is 5.91 Å². The second-order valence-electron chi connectivity index (χ2n) is 5.97. The molecule has 25 heavy (non-hydrogen) atoms. The molecule has 0 aliphatic carbocycles. The molecule has 3 rings (SSSR count). The van der Waals surface area contributed by atoms with Crippen LogP contribution in [0.1, 0.15) is 30.3 Å². The van der Waals surface area contributed by atoms with Gasteiger partial charge in [0, 0.05) is 49.3 Å². The average Bonchev–Trinajstić information content (AvgIpc) is 2.98. The van der Waals surface area contributed by atoms with Crippen molar-refractivity contribution in [3.63, 3.8) is 0 Å². The third-order valence-electron chi connectivity index (χ3n) is 4.28. The molecular weight excluding hydrogens is 342 g/mol. The Balaban J connectivity index is 1.70. The van der Waals surface area contributed by atoms with Gasteiger partial charge in [-0.05, 0) is 18.6 Å². The molecule has 1 aliphatic heterocycles. The fraction of sp³-hybridized carbons (Fsp3) is 0.389. The van der Waals surface area contributed by atoms with Crippen molar-refractivity contribution in [1.82, 2.24) is 15.0 Å². The van der Waals surface area contributed by atoms with E-state index in [9.17, 15) is 9.59 Å². The third-order valence-corrected chi connectivity index (χ3v) is 4.51. The summed E-state index contributed by atoms with van der Waals surface area (Å²) in [5, 5.41) is 4.58. The maximum atomic E-state index is 12.7. The van der Waals surface area contributed by atoms with E-state index < -0.39 is 0 Å². The highest BCUT2D eigenvalue weighted by molar-refractivity contribution is 6.30. The summed E-state index contributed by atoms with van der Waals surface area (Å²) in [6, 6.07) is 8.86. The number of rotatable bonds is 3. The van der Waals surface area contributed by atoms with Crippen molar-refractivity contribution in [2.45, 2.75) is 19.8 Å². The van der Waals surface area contributed by atoms with Gasteiger partial charge < -0.3 is 14.3 Å². The van der Waals surface area contributed by atoms with E-state index in [2.05, 4.69) is 5.16 Å². The highest BCUT2D eigenvalue weighted by atomic mass is 35.5. The van der Waals surface area contributed by atoms with Crippen LogP contribution in [-0.2, 0) is 4.79 Å². The van der Waals surface area contributed by atoms with Crippen LogP contribution in [0.3, 0.4) is 0 Å². The van der Waals surface area contributed by atoms with Gasteiger partial charge in [0.2, 0.25) is 11.7 Å². The second-order valence-corrected chi connectivity index (χ2v) is 6.40. The molecule has 0 spiro atoms. The lowest BCUT2D eigenvalue weighted by Gasteiger charge is -2.21. The monoisotopic (exact) mass is 361 g/mol. The third kappa shape index (κ3) is 4.02. The summed E-state index contributed by atoms with van der Waals surface area (Å²) in [6.07, 6.45) is 1.24. The van der Waals surface area contributed by atoms with Crippen LogP contribution in [0.15, 0.2) is 34.9 Å². The van der Waals surface area contributed by atoms with Crippen molar-refractivity contribution in [1.29, 1.82) is 0 Å². The molecule has 6 nitrogen and oxygen atoms in total. The van der Waals surface area contributed by atoms with E-state index in [1.807, 2.05) is 24.0 Å². The van der Waals surface area contributed by atoms with E-state index in [0.29, 0.717) is 43.3 Å². The molecule has 0 atom stereocenters. The molecule has 0 unspecified atom stereocenters. The van der Waals surface area contributed by atoms with Crippen LogP contribution in [0.2, 0.25) is 5.02 Å². The number of amides is 2. The normalized spacial score (nSPS) is 15.1. The molecule has 2 amide bonds. The highest BCUT2D eigenvalue weighted by Gasteiger charge is 2.25. The Morgan fingerprint density at radius 1 is 1.16 bits per heavy atom. The number of hydrogen-bond donors (Lipinski definition) is 0. The molecule has 132 valence electrons. The Morgan fingerprint density at radius 2 is 1.92 bits per heavy atom. The largest absolute Gasteiger partial charge is 0.350 e. The molecule has 1 saturated heterocycles. The summed E-state index contributed by atoms with van der Waals surface area (Å²) in [6.45, 7) is 4.17. The number of carbonyl (C=O) groups excluding carboxylic acids is 2. The fourth-order valence-electron chi connectivity index (χ4n) is 2.91. The zero-order valence-electron chi connectivity index (χ0n) is 14.1. The Bertz CT molecular complexity index is 774. The van der Waals surface area contributed by atoms with Crippen LogP contribution in [0, 0.1) is 0 Å². The Labute approximate surface area is 151 Å². The minimum absolute atomic E-state index is 0.122. The van der Waals surface area contributed by atoms with Crippen LogP contribution in [0.4, 0.5) is 0 Å². The maximum absolute atomic E-state index is 12.7. The van der Waals surface area contributed by atoms with Crippen LogP contribution < -0.4 is 0 Å². The lowest BCUT2D eigenvalue weighted by atomic mass is 10.1.